The van der Waals surface area contributed by atoms with E-state index in [9.17, 15) is 19.2 Å². The lowest BCUT2D eigenvalue weighted by molar-refractivity contribution is -0.142. The molecule has 1 saturated heterocycles. The molecule has 1 aliphatic heterocycles. The molecule has 2 aromatic carbocycles. The van der Waals surface area contributed by atoms with E-state index in [1.165, 1.54) is 13.2 Å². The molecular weight excluding hydrogens is 524 g/mol. The summed E-state index contributed by atoms with van der Waals surface area (Å²) >= 11 is 4.09. The molecule has 0 bridgehead atoms. The molecule has 0 aromatic heterocycles. The number of aryl methyl sites for hydroxylation is 3. The fraction of sp³-hybridized carbons (Fsp3) is 0.250. The minimum atomic E-state index is -0.582. The Bertz CT molecular complexity index is 1190. The molecule has 8 nitrogen and oxygen atoms in total. The third-order valence-electron chi connectivity index (χ3n) is 4.95. The van der Waals surface area contributed by atoms with Crippen molar-refractivity contribution >= 4 is 62.5 Å². The van der Waals surface area contributed by atoms with Crippen LogP contribution in [0, 0.1) is 20.8 Å². The number of benzene rings is 2. The molecule has 34 heavy (non-hydrogen) atoms. The van der Waals surface area contributed by atoms with Gasteiger partial charge in [0, 0.05) is 15.7 Å². The second-order valence-corrected chi connectivity index (χ2v) is 9.55. The van der Waals surface area contributed by atoms with Gasteiger partial charge in [0.1, 0.15) is 12.3 Å². The largest absolute Gasteiger partial charge is 0.481 e. The first-order valence-corrected chi connectivity index (χ1v) is 11.8. The zero-order valence-electron chi connectivity index (χ0n) is 19.1. The van der Waals surface area contributed by atoms with Gasteiger partial charge in [-0.25, -0.2) is 4.79 Å². The summed E-state index contributed by atoms with van der Waals surface area (Å²) in [6.07, 6.45) is 1.49. The fourth-order valence-electron chi connectivity index (χ4n) is 3.44. The average Bonchev–Trinajstić information content (AvgIpc) is 3.02. The van der Waals surface area contributed by atoms with Crippen molar-refractivity contribution in [3.8, 4) is 5.75 Å². The highest BCUT2D eigenvalue weighted by atomic mass is 79.9. The first-order chi connectivity index (χ1) is 16.1. The predicted molar refractivity (Wildman–Crippen MR) is 134 cm³/mol. The van der Waals surface area contributed by atoms with Crippen LogP contribution in [0.1, 0.15) is 22.3 Å². The summed E-state index contributed by atoms with van der Waals surface area (Å²) in [5, 5.41) is 2.26. The van der Waals surface area contributed by atoms with Crippen molar-refractivity contribution in [2.75, 3.05) is 25.6 Å². The Kier molecular flexibility index (Phi) is 8.16. The molecule has 0 aliphatic carbocycles. The normalized spacial score (nSPS) is 14.5. The minimum Gasteiger partial charge on any atom is -0.481 e. The number of esters is 1. The van der Waals surface area contributed by atoms with Gasteiger partial charge in [-0.05, 0) is 67.9 Å². The van der Waals surface area contributed by atoms with Gasteiger partial charge in [-0.2, -0.15) is 0 Å². The molecule has 2 aromatic rings. The van der Waals surface area contributed by atoms with Gasteiger partial charge in [0.05, 0.1) is 12.0 Å². The summed E-state index contributed by atoms with van der Waals surface area (Å²) in [7, 11) is 1.25. The van der Waals surface area contributed by atoms with Crippen molar-refractivity contribution in [3.63, 3.8) is 0 Å². The third-order valence-corrected chi connectivity index (χ3v) is 6.35. The summed E-state index contributed by atoms with van der Waals surface area (Å²) in [5.41, 5.74) is 4.02. The number of hydrogen-bond donors (Lipinski definition) is 1. The van der Waals surface area contributed by atoms with Crippen LogP contribution in [0.3, 0.4) is 0 Å². The van der Waals surface area contributed by atoms with E-state index >= 15 is 0 Å². The Labute approximate surface area is 209 Å². The van der Waals surface area contributed by atoms with E-state index in [2.05, 4.69) is 26.0 Å². The maximum atomic E-state index is 12.9. The van der Waals surface area contributed by atoms with E-state index < -0.39 is 29.6 Å². The van der Waals surface area contributed by atoms with Crippen molar-refractivity contribution in [3.05, 3.63) is 62.0 Å². The zero-order chi connectivity index (χ0) is 25.0. The van der Waals surface area contributed by atoms with E-state index in [1.54, 1.807) is 18.2 Å². The Morgan fingerprint density at radius 2 is 1.79 bits per heavy atom. The summed E-state index contributed by atoms with van der Waals surface area (Å²) < 4.78 is 10.8. The minimum absolute atomic E-state index is 0.140. The molecule has 1 aliphatic rings. The van der Waals surface area contributed by atoms with E-state index in [4.69, 9.17) is 4.74 Å². The van der Waals surface area contributed by atoms with Gasteiger partial charge in [-0.15, -0.1) is 0 Å². The SMILES string of the molecule is COC(=O)COc1ccc(Br)cc1/C=C1/SC(=O)N(CC(=O)Nc2c(C)cc(C)cc2C)C1=O. The Hall–Kier alpha value is -3.11. The predicted octanol–water partition coefficient (Wildman–Crippen LogP) is 4.60. The van der Waals surface area contributed by atoms with Crippen LogP contribution in [0.4, 0.5) is 10.5 Å². The van der Waals surface area contributed by atoms with Crippen LogP contribution in [-0.4, -0.2) is 48.2 Å². The van der Waals surface area contributed by atoms with Gasteiger partial charge in [0.25, 0.3) is 11.1 Å². The lowest BCUT2D eigenvalue weighted by atomic mass is 10.1. The quantitative estimate of drug-likeness (QED) is 0.399. The third kappa shape index (κ3) is 6.06. The summed E-state index contributed by atoms with van der Waals surface area (Å²) in [5.74, 6) is -1.27. The smallest absolute Gasteiger partial charge is 0.343 e. The average molecular weight is 547 g/mol. The Morgan fingerprint density at radius 3 is 2.44 bits per heavy atom. The van der Waals surface area contributed by atoms with Gasteiger partial charge in [-0.3, -0.25) is 19.3 Å². The second-order valence-electron chi connectivity index (χ2n) is 7.64. The summed E-state index contributed by atoms with van der Waals surface area (Å²) in [6, 6.07) is 8.93. The number of anilines is 1. The molecule has 1 fully saturated rings. The molecule has 178 valence electrons. The van der Waals surface area contributed by atoms with Crippen molar-refractivity contribution in [1.82, 2.24) is 4.90 Å². The number of thioether (sulfide) groups is 1. The van der Waals surface area contributed by atoms with Crippen molar-refractivity contribution in [1.29, 1.82) is 0 Å². The highest BCUT2D eigenvalue weighted by Crippen LogP contribution is 2.35. The number of amides is 3. The van der Waals surface area contributed by atoms with Crippen molar-refractivity contribution < 1.29 is 28.7 Å². The maximum Gasteiger partial charge on any atom is 0.343 e. The number of imide groups is 1. The maximum absolute atomic E-state index is 12.9. The van der Waals surface area contributed by atoms with E-state index in [-0.39, 0.29) is 11.5 Å². The number of hydrogen-bond acceptors (Lipinski definition) is 7. The van der Waals surface area contributed by atoms with Crippen LogP contribution in [0.15, 0.2) is 39.7 Å². The van der Waals surface area contributed by atoms with Crippen LogP contribution in [0.2, 0.25) is 0 Å². The topological polar surface area (TPSA) is 102 Å². The highest BCUT2D eigenvalue weighted by Gasteiger charge is 2.36. The number of ether oxygens (including phenoxy) is 2. The van der Waals surface area contributed by atoms with E-state index in [0.29, 0.717) is 21.5 Å². The fourth-order valence-corrected chi connectivity index (χ4v) is 4.64. The summed E-state index contributed by atoms with van der Waals surface area (Å²) in [6.45, 7) is 5.03. The van der Waals surface area contributed by atoms with Gasteiger partial charge < -0.3 is 14.8 Å². The van der Waals surface area contributed by atoms with Crippen molar-refractivity contribution in [2.24, 2.45) is 0 Å². The second kappa shape index (κ2) is 10.9. The summed E-state index contributed by atoms with van der Waals surface area (Å²) in [4.78, 5) is 50.5. The molecule has 0 atom stereocenters. The lowest BCUT2D eigenvalue weighted by Gasteiger charge is -2.16. The van der Waals surface area contributed by atoms with Crippen LogP contribution >= 0.6 is 27.7 Å². The molecule has 1 N–H and O–H groups in total. The number of halogens is 1. The zero-order valence-corrected chi connectivity index (χ0v) is 21.5. The molecule has 1 heterocycles. The molecule has 0 spiro atoms. The van der Waals surface area contributed by atoms with E-state index in [0.717, 1.165) is 33.4 Å². The van der Waals surface area contributed by atoms with Crippen LogP contribution in [-0.2, 0) is 19.1 Å². The monoisotopic (exact) mass is 546 g/mol. The first kappa shape index (κ1) is 25.5. The molecular formula is C24H23BrN2O6S. The molecule has 10 heteroatoms. The number of nitrogens with zero attached hydrogens (tertiary/aromatic N) is 1. The van der Waals surface area contributed by atoms with Gasteiger partial charge >= 0.3 is 5.97 Å². The molecule has 3 rings (SSSR count). The number of carbonyl (C=O) groups is 4. The highest BCUT2D eigenvalue weighted by molar-refractivity contribution is 9.10. The molecule has 0 saturated carbocycles. The van der Waals surface area contributed by atoms with Gasteiger partial charge in [0.2, 0.25) is 5.91 Å². The van der Waals surface area contributed by atoms with E-state index in [1.807, 2.05) is 32.9 Å². The Balaban J connectivity index is 1.77. The van der Waals surface area contributed by atoms with Gasteiger partial charge in [-0.1, -0.05) is 33.6 Å². The number of carbonyl (C=O) groups excluding carboxylic acids is 4. The van der Waals surface area contributed by atoms with Crippen LogP contribution < -0.4 is 10.1 Å². The number of nitrogens with one attached hydrogen (secondary N) is 1. The van der Waals surface area contributed by atoms with Crippen LogP contribution in [0.5, 0.6) is 5.75 Å². The van der Waals surface area contributed by atoms with Crippen LogP contribution in [0.25, 0.3) is 6.08 Å². The number of rotatable bonds is 7. The molecule has 0 radical (unpaired) electrons. The standard InChI is InChI=1S/C24H23BrN2O6S/c1-13-7-14(2)22(15(3)8-13)26-20(28)11-27-23(30)19(34-24(27)31)10-16-9-17(25)5-6-18(16)33-12-21(29)32-4/h5-10H,11-12H2,1-4H3,(H,26,28)/b19-10+. The molecule has 0 unspecified atom stereocenters. The number of methoxy groups -OCH3 is 1. The van der Waals surface area contributed by atoms with Gasteiger partial charge in [0.15, 0.2) is 6.61 Å². The lowest BCUT2D eigenvalue weighted by Crippen LogP contribution is -2.36. The molecule has 3 amide bonds. The Morgan fingerprint density at radius 1 is 1.12 bits per heavy atom. The first-order valence-electron chi connectivity index (χ1n) is 10.2. The van der Waals surface area contributed by atoms with Crippen molar-refractivity contribution in [2.45, 2.75) is 20.8 Å².